The van der Waals surface area contributed by atoms with Gasteiger partial charge < -0.3 is 0 Å². The highest BCUT2D eigenvalue weighted by Crippen LogP contribution is 2.30. The largest absolute Gasteiger partial charge is 0.271 e. The molecule has 0 aliphatic rings. The van der Waals surface area contributed by atoms with Crippen molar-refractivity contribution in [2.75, 3.05) is 0 Å². The van der Waals surface area contributed by atoms with Crippen molar-refractivity contribution in [3.8, 4) is 11.3 Å². The van der Waals surface area contributed by atoms with Gasteiger partial charge in [-0.15, -0.1) is 0 Å². The minimum Gasteiger partial charge on any atom is -0.271 e. The van der Waals surface area contributed by atoms with Gasteiger partial charge in [0, 0.05) is 12.6 Å². The summed E-state index contributed by atoms with van der Waals surface area (Å²) in [6.45, 7) is 2.08. The van der Waals surface area contributed by atoms with Gasteiger partial charge in [0.25, 0.3) is 0 Å². The summed E-state index contributed by atoms with van der Waals surface area (Å²) in [5.41, 5.74) is 2.92. The molecular formula is C12H12BrFN2. The zero-order valence-electron chi connectivity index (χ0n) is 9.17. The lowest BCUT2D eigenvalue weighted by Gasteiger charge is -1.97. The molecule has 0 amide bonds. The summed E-state index contributed by atoms with van der Waals surface area (Å²) in [5, 5.41) is 4.43. The summed E-state index contributed by atoms with van der Waals surface area (Å²) in [6.07, 6.45) is 0.908. The molecule has 0 aliphatic heterocycles. The van der Waals surface area contributed by atoms with E-state index in [1.807, 2.05) is 11.7 Å². The lowest BCUT2D eigenvalue weighted by Crippen LogP contribution is -1.96. The molecule has 0 atom stereocenters. The first-order valence-corrected chi connectivity index (χ1v) is 5.90. The van der Waals surface area contributed by atoms with Gasteiger partial charge in [-0.1, -0.05) is 6.92 Å². The van der Waals surface area contributed by atoms with Crippen molar-refractivity contribution in [2.45, 2.75) is 13.3 Å². The number of hydrogen-bond acceptors (Lipinski definition) is 1. The van der Waals surface area contributed by atoms with Crippen molar-refractivity contribution in [2.24, 2.45) is 7.05 Å². The summed E-state index contributed by atoms with van der Waals surface area (Å²) in [6, 6.07) is 6.37. The zero-order valence-corrected chi connectivity index (χ0v) is 10.8. The van der Waals surface area contributed by atoms with Crippen LogP contribution >= 0.6 is 15.9 Å². The van der Waals surface area contributed by atoms with E-state index in [1.54, 1.807) is 12.1 Å². The van der Waals surface area contributed by atoms with E-state index in [9.17, 15) is 4.39 Å². The van der Waals surface area contributed by atoms with Gasteiger partial charge in [-0.25, -0.2) is 4.39 Å². The normalized spacial score (nSPS) is 10.8. The van der Waals surface area contributed by atoms with Crippen molar-refractivity contribution in [3.05, 3.63) is 40.2 Å². The first-order valence-electron chi connectivity index (χ1n) is 5.10. The number of aromatic nitrogens is 2. The summed E-state index contributed by atoms with van der Waals surface area (Å²) >= 11 is 3.54. The maximum absolute atomic E-state index is 12.8. The van der Waals surface area contributed by atoms with Gasteiger partial charge in [-0.05, 0) is 46.6 Å². The SMILES string of the molecule is CCc1c(Br)c(-c2ccc(F)cc2)nn1C. The second-order valence-corrected chi connectivity index (χ2v) is 4.39. The fraction of sp³-hybridized carbons (Fsp3) is 0.250. The second-order valence-electron chi connectivity index (χ2n) is 3.59. The number of nitrogens with zero attached hydrogens (tertiary/aromatic N) is 2. The molecule has 2 rings (SSSR count). The van der Waals surface area contributed by atoms with Gasteiger partial charge >= 0.3 is 0 Å². The molecule has 1 aromatic carbocycles. The highest BCUT2D eigenvalue weighted by atomic mass is 79.9. The van der Waals surface area contributed by atoms with E-state index >= 15 is 0 Å². The molecule has 16 heavy (non-hydrogen) atoms. The van der Waals surface area contributed by atoms with Crippen LogP contribution in [0, 0.1) is 5.82 Å². The van der Waals surface area contributed by atoms with Crippen molar-refractivity contribution in [3.63, 3.8) is 0 Å². The lowest BCUT2D eigenvalue weighted by molar-refractivity contribution is 0.628. The third kappa shape index (κ3) is 1.89. The van der Waals surface area contributed by atoms with Crippen LogP contribution in [0.25, 0.3) is 11.3 Å². The Morgan fingerprint density at radius 2 is 1.94 bits per heavy atom. The molecule has 0 unspecified atom stereocenters. The average Bonchev–Trinajstić information content (AvgIpc) is 2.55. The highest BCUT2D eigenvalue weighted by Gasteiger charge is 2.13. The third-order valence-electron chi connectivity index (χ3n) is 2.55. The summed E-state index contributed by atoms with van der Waals surface area (Å²) < 4.78 is 15.7. The van der Waals surface area contributed by atoms with E-state index in [1.165, 1.54) is 12.1 Å². The standard InChI is InChI=1S/C12H12BrFN2/c1-3-10-11(13)12(15-16(10)2)8-4-6-9(14)7-5-8/h4-7H,3H2,1-2H3. The Labute approximate surface area is 102 Å². The Kier molecular flexibility index (Phi) is 3.10. The van der Waals surface area contributed by atoms with Crippen LogP contribution in [0.5, 0.6) is 0 Å². The molecule has 0 saturated heterocycles. The van der Waals surface area contributed by atoms with Gasteiger partial charge in [0.05, 0.1) is 10.2 Å². The van der Waals surface area contributed by atoms with Crippen LogP contribution < -0.4 is 0 Å². The maximum Gasteiger partial charge on any atom is 0.123 e. The van der Waals surface area contributed by atoms with Gasteiger partial charge in [0.1, 0.15) is 11.5 Å². The van der Waals surface area contributed by atoms with Gasteiger partial charge in [0.15, 0.2) is 0 Å². The molecular weight excluding hydrogens is 271 g/mol. The van der Waals surface area contributed by atoms with Crippen LogP contribution in [0.4, 0.5) is 4.39 Å². The molecule has 4 heteroatoms. The molecule has 2 nitrogen and oxygen atoms in total. The first-order chi connectivity index (χ1) is 7.63. The van der Waals surface area contributed by atoms with Crippen LogP contribution in [0.2, 0.25) is 0 Å². The molecule has 2 aromatic rings. The van der Waals surface area contributed by atoms with E-state index in [0.717, 1.165) is 27.8 Å². The first kappa shape index (κ1) is 11.3. The molecule has 0 radical (unpaired) electrons. The Morgan fingerprint density at radius 3 is 2.44 bits per heavy atom. The maximum atomic E-state index is 12.8. The minimum absolute atomic E-state index is 0.230. The Morgan fingerprint density at radius 1 is 1.31 bits per heavy atom. The fourth-order valence-electron chi connectivity index (χ4n) is 1.71. The average molecular weight is 283 g/mol. The summed E-state index contributed by atoms with van der Waals surface area (Å²) in [4.78, 5) is 0. The number of halogens is 2. The number of rotatable bonds is 2. The Balaban J connectivity index is 2.52. The van der Waals surface area contributed by atoms with Crippen LogP contribution in [0.15, 0.2) is 28.7 Å². The Bertz CT molecular complexity index is 502. The van der Waals surface area contributed by atoms with E-state index in [0.29, 0.717) is 0 Å². The monoisotopic (exact) mass is 282 g/mol. The topological polar surface area (TPSA) is 17.8 Å². The molecule has 0 spiro atoms. The number of benzene rings is 1. The van der Waals surface area contributed by atoms with Crippen LogP contribution in [0.1, 0.15) is 12.6 Å². The van der Waals surface area contributed by atoms with E-state index in [-0.39, 0.29) is 5.82 Å². The molecule has 0 saturated carbocycles. The molecule has 0 aliphatic carbocycles. The Hall–Kier alpha value is -1.16. The fourth-order valence-corrected chi connectivity index (χ4v) is 2.55. The quantitative estimate of drug-likeness (QED) is 0.824. The molecule has 84 valence electrons. The van der Waals surface area contributed by atoms with Crippen molar-refractivity contribution >= 4 is 15.9 Å². The second kappa shape index (κ2) is 4.37. The minimum atomic E-state index is -0.230. The zero-order chi connectivity index (χ0) is 11.7. The summed E-state index contributed by atoms with van der Waals surface area (Å²) in [7, 11) is 1.91. The van der Waals surface area contributed by atoms with E-state index in [4.69, 9.17) is 0 Å². The predicted octanol–water partition coefficient (Wildman–Crippen LogP) is 3.55. The molecule has 0 N–H and O–H groups in total. The highest BCUT2D eigenvalue weighted by molar-refractivity contribution is 9.10. The van der Waals surface area contributed by atoms with E-state index < -0.39 is 0 Å². The van der Waals surface area contributed by atoms with Gasteiger partial charge in [-0.3, -0.25) is 4.68 Å². The summed E-state index contributed by atoms with van der Waals surface area (Å²) in [5.74, 6) is -0.230. The number of hydrogen-bond donors (Lipinski definition) is 0. The predicted molar refractivity (Wildman–Crippen MR) is 65.7 cm³/mol. The molecule has 0 fully saturated rings. The van der Waals surface area contributed by atoms with Crippen LogP contribution in [-0.2, 0) is 13.5 Å². The lowest BCUT2D eigenvalue weighted by atomic mass is 10.1. The van der Waals surface area contributed by atoms with Crippen molar-refractivity contribution in [1.82, 2.24) is 9.78 Å². The van der Waals surface area contributed by atoms with Crippen molar-refractivity contribution in [1.29, 1.82) is 0 Å². The third-order valence-corrected chi connectivity index (χ3v) is 3.39. The van der Waals surface area contributed by atoms with Crippen molar-refractivity contribution < 1.29 is 4.39 Å². The van der Waals surface area contributed by atoms with Gasteiger partial charge in [-0.2, -0.15) is 5.10 Å². The van der Waals surface area contributed by atoms with Crippen LogP contribution in [0.3, 0.4) is 0 Å². The molecule has 1 heterocycles. The molecule has 0 bridgehead atoms. The van der Waals surface area contributed by atoms with Gasteiger partial charge in [0.2, 0.25) is 0 Å². The smallest absolute Gasteiger partial charge is 0.123 e. The number of aryl methyl sites for hydroxylation is 1. The van der Waals surface area contributed by atoms with E-state index in [2.05, 4.69) is 28.0 Å². The molecule has 1 aromatic heterocycles. The van der Waals surface area contributed by atoms with Crippen LogP contribution in [-0.4, -0.2) is 9.78 Å².